The van der Waals surface area contributed by atoms with E-state index < -0.39 is 31.1 Å². The molecule has 0 unspecified atom stereocenters. The van der Waals surface area contributed by atoms with E-state index in [1.807, 2.05) is 30.3 Å². The Morgan fingerprint density at radius 2 is 2.00 bits per heavy atom. The molecule has 1 aliphatic rings. The number of aliphatic hydroxyl groups excluding tert-OH is 3. The van der Waals surface area contributed by atoms with Crippen LogP contribution in [-0.2, 0) is 4.74 Å². The van der Waals surface area contributed by atoms with Crippen molar-refractivity contribution >= 4 is 29.1 Å². The average Bonchev–Trinajstić information content (AvgIpc) is 3.21. The van der Waals surface area contributed by atoms with E-state index in [-0.39, 0.29) is 17.3 Å². The number of benzene rings is 1. The summed E-state index contributed by atoms with van der Waals surface area (Å²) in [6, 6.07) is 9.42. The van der Waals surface area contributed by atoms with Gasteiger partial charge in [0.05, 0.1) is 12.8 Å². The van der Waals surface area contributed by atoms with Crippen molar-refractivity contribution < 1.29 is 20.1 Å². The highest BCUT2D eigenvalue weighted by molar-refractivity contribution is 5.84. The fourth-order valence-electron chi connectivity index (χ4n) is 3.04. The van der Waals surface area contributed by atoms with Crippen molar-refractivity contribution in [2.45, 2.75) is 24.5 Å². The Kier molecular flexibility index (Phi) is 4.88. The number of aromatic nitrogens is 4. The number of anilines is 2. The Balaban J connectivity index is 1.73. The first-order valence-corrected chi connectivity index (χ1v) is 8.55. The number of imidazole rings is 1. The van der Waals surface area contributed by atoms with E-state index >= 15 is 0 Å². The highest BCUT2D eigenvalue weighted by atomic mass is 16.6. The van der Waals surface area contributed by atoms with Crippen molar-refractivity contribution in [1.82, 2.24) is 19.5 Å². The summed E-state index contributed by atoms with van der Waals surface area (Å²) in [4.78, 5) is 12.4. The molecule has 146 valence electrons. The van der Waals surface area contributed by atoms with Gasteiger partial charge in [-0.05, 0) is 5.56 Å². The van der Waals surface area contributed by atoms with Crippen molar-refractivity contribution in [3.05, 3.63) is 42.2 Å². The van der Waals surface area contributed by atoms with Crippen LogP contribution in [0.3, 0.4) is 0 Å². The van der Waals surface area contributed by atoms with Crippen molar-refractivity contribution in [2.24, 2.45) is 5.10 Å². The fourth-order valence-corrected chi connectivity index (χ4v) is 3.04. The molecule has 0 aliphatic carbocycles. The SMILES string of the molecule is Nc1ncnc2c1nc(N/N=C\c1ccccc1)n2[C@H]1O[C@@H](CO)[C@@H](O)[C@@H]1O. The van der Waals surface area contributed by atoms with Crippen LogP contribution in [-0.4, -0.2) is 66.0 Å². The smallest absolute Gasteiger partial charge is 0.228 e. The molecule has 3 heterocycles. The summed E-state index contributed by atoms with van der Waals surface area (Å²) < 4.78 is 7.04. The summed E-state index contributed by atoms with van der Waals surface area (Å²) in [6.07, 6.45) is -1.74. The molecular formula is C17H19N7O4. The van der Waals surface area contributed by atoms with Gasteiger partial charge in [0.15, 0.2) is 23.2 Å². The van der Waals surface area contributed by atoms with Gasteiger partial charge in [0, 0.05) is 0 Å². The molecule has 0 saturated carbocycles. The number of nitrogen functional groups attached to an aromatic ring is 1. The number of rotatable bonds is 5. The van der Waals surface area contributed by atoms with Crippen LogP contribution < -0.4 is 11.2 Å². The first-order valence-electron chi connectivity index (χ1n) is 8.55. The zero-order chi connectivity index (χ0) is 19.7. The predicted octanol–water partition coefficient (Wildman–Crippen LogP) is -0.534. The molecule has 1 saturated heterocycles. The second-order valence-corrected chi connectivity index (χ2v) is 6.25. The van der Waals surface area contributed by atoms with Crippen LogP contribution in [0.1, 0.15) is 11.8 Å². The molecular weight excluding hydrogens is 366 g/mol. The Bertz CT molecular complexity index is 994. The van der Waals surface area contributed by atoms with Gasteiger partial charge >= 0.3 is 0 Å². The number of hydrazone groups is 1. The van der Waals surface area contributed by atoms with Crippen molar-refractivity contribution in [1.29, 1.82) is 0 Å². The number of nitrogens with two attached hydrogens (primary N) is 1. The molecule has 4 atom stereocenters. The van der Waals surface area contributed by atoms with Gasteiger partial charge in [-0.1, -0.05) is 30.3 Å². The number of hydrogen-bond acceptors (Lipinski definition) is 10. The van der Waals surface area contributed by atoms with E-state index in [9.17, 15) is 15.3 Å². The third-order valence-corrected chi connectivity index (χ3v) is 4.45. The van der Waals surface area contributed by atoms with Gasteiger partial charge in [-0.2, -0.15) is 5.10 Å². The number of fused-ring (bicyclic) bond motifs is 1. The van der Waals surface area contributed by atoms with Gasteiger partial charge in [-0.3, -0.25) is 4.57 Å². The molecule has 1 aliphatic heterocycles. The Hall–Kier alpha value is -3.12. The highest BCUT2D eigenvalue weighted by Crippen LogP contribution is 2.35. The van der Waals surface area contributed by atoms with Gasteiger partial charge in [0.1, 0.15) is 24.6 Å². The number of ether oxygens (including phenoxy) is 1. The topological polar surface area (TPSA) is 164 Å². The second kappa shape index (κ2) is 7.48. The van der Waals surface area contributed by atoms with Crippen LogP contribution in [0.25, 0.3) is 11.2 Å². The molecule has 11 heteroatoms. The van der Waals surface area contributed by atoms with Crippen molar-refractivity contribution in [3.8, 4) is 0 Å². The summed E-state index contributed by atoms with van der Waals surface area (Å²) in [6.45, 7) is -0.451. The number of nitrogens with zero attached hydrogens (tertiary/aromatic N) is 5. The molecule has 2 aromatic heterocycles. The first kappa shape index (κ1) is 18.3. The maximum atomic E-state index is 10.4. The zero-order valence-electron chi connectivity index (χ0n) is 14.6. The molecule has 0 bridgehead atoms. The van der Waals surface area contributed by atoms with Gasteiger partial charge in [0.25, 0.3) is 0 Å². The number of nitrogens with one attached hydrogen (secondary N) is 1. The zero-order valence-corrected chi connectivity index (χ0v) is 14.6. The van der Waals surface area contributed by atoms with E-state index in [1.165, 1.54) is 10.9 Å². The van der Waals surface area contributed by atoms with Crippen LogP contribution in [0, 0.1) is 0 Å². The van der Waals surface area contributed by atoms with Crippen LogP contribution in [0.2, 0.25) is 0 Å². The van der Waals surface area contributed by atoms with Gasteiger partial charge in [-0.15, -0.1) is 0 Å². The van der Waals surface area contributed by atoms with E-state index in [4.69, 9.17) is 10.5 Å². The summed E-state index contributed by atoms with van der Waals surface area (Å²) >= 11 is 0. The molecule has 0 spiro atoms. The third-order valence-electron chi connectivity index (χ3n) is 4.45. The summed E-state index contributed by atoms with van der Waals surface area (Å²) in [5.41, 5.74) is 10.1. The molecule has 4 rings (SSSR count). The maximum absolute atomic E-state index is 10.4. The summed E-state index contributed by atoms with van der Waals surface area (Å²) in [5.74, 6) is 0.329. The van der Waals surface area contributed by atoms with Crippen LogP contribution >= 0.6 is 0 Å². The Labute approximate surface area is 159 Å². The molecule has 1 fully saturated rings. The van der Waals surface area contributed by atoms with Gasteiger partial charge < -0.3 is 25.8 Å². The number of hydrogen-bond donors (Lipinski definition) is 5. The lowest BCUT2D eigenvalue weighted by Crippen LogP contribution is -2.33. The summed E-state index contributed by atoms with van der Waals surface area (Å²) in [7, 11) is 0. The minimum Gasteiger partial charge on any atom is -0.394 e. The van der Waals surface area contributed by atoms with Crippen molar-refractivity contribution in [3.63, 3.8) is 0 Å². The molecule has 28 heavy (non-hydrogen) atoms. The van der Waals surface area contributed by atoms with Gasteiger partial charge in [-0.25, -0.2) is 20.4 Å². The molecule has 11 nitrogen and oxygen atoms in total. The minimum absolute atomic E-state index is 0.144. The number of aliphatic hydroxyl groups is 3. The van der Waals surface area contributed by atoms with Crippen LogP contribution in [0.15, 0.2) is 41.8 Å². The Morgan fingerprint density at radius 3 is 2.71 bits per heavy atom. The molecule has 0 radical (unpaired) electrons. The third kappa shape index (κ3) is 3.16. The van der Waals surface area contributed by atoms with Crippen LogP contribution in [0.4, 0.5) is 11.8 Å². The largest absolute Gasteiger partial charge is 0.394 e. The fraction of sp³-hybridized carbons (Fsp3) is 0.294. The standard InChI is InChI=1S/C17H19N7O4/c18-14-11-15(20-8-19-14)24(16-13(27)12(26)10(7-25)28-16)17(22-11)23-21-6-9-4-2-1-3-5-9/h1-6,8,10,12-13,16,25-27H,7H2,(H,22,23)(H2,18,19,20)/b21-6-/t10-,12+,13-,16-/m0/s1. The van der Waals surface area contributed by atoms with Gasteiger partial charge in [0.2, 0.25) is 5.95 Å². The second-order valence-electron chi connectivity index (χ2n) is 6.25. The Morgan fingerprint density at radius 1 is 1.21 bits per heavy atom. The van der Waals surface area contributed by atoms with E-state index in [2.05, 4.69) is 25.5 Å². The highest BCUT2D eigenvalue weighted by Gasteiger charge is 2.45. The average molecular weight is 385 g/mol. The van der Waals surface area contributed by atoms with Crippen LogP contribution in [0.5, 0.6) is 0 Å². The summed E-state index contributed by atoms with van der Waals surface area (Å²) in [5, 5.41) is 34.0. The molecule has 0 amide bonds. The molecule has 1 aromatic carbocycles. The predicted molar refractivity (Wildman–Crippen MR) is 100 cm³/mol. The van der Waals surface area contributed by atoms with E-state index in [0.717, 1.165) is 5.56 Å². The quantitative estimate of drug-likeness (QED) is 0.287. The van der Waals surface area contributed by atoms with E-state index in [0.29, 0.717) is 5.65 Å². The molecule has 3 aromatic rings. The lowest BCUT2D eigenvalue weighted by molar-refractivity contribution is -0.0501. The van der Waals surface area contributed by atoms with Crippen molar-refractivity contribution in [2.75, 3.05) is 17.8 Å². The minimum atomic E-state index is -1.32. The lowest BCUT2D eigenvalue weighted by atomic mass is 10.1. The molecule has 6 N–H and O–H groups in total. The first-order chi connectivity index (χ1) is 13.6. The monoisotopic (exact) mass is 385 g/mol. The maximum Gasteiger partial charge on any atom is 0.228 e. The normalized spacial score (nSPS) is 25.0. The van der Waals surface area contributed by atoms with E-state index in [1.54, 1.807) is 6.21 Å². The lowest BCUT2D eigenvalue weighted by Gasteiger charge is -2.18.